The summed E-state index contributed by atoms with van der Waals surface area (Å²) in [6.45, 7) is 1.86. The van der Waals surface area contributed by atoms with Crippen LogP contribution in [0.3, 0.4) is 0 Å². The molecule has 7 heteroatoms. The van der Waals surface area contributed by atoms with E-state index < -0.39 is 21.3 Å². The van der Waals surface area contributed by atoms with Crippen molar-refractivity contribution in [3.05, 3.63) is 0 Å². The minimum atomic E-state index is -3.71. The molecule has 0 aromatic carbocycles. The molecule has 1 aliphatic heterocycles. The lowest BCUT2D eigenvalue weighted by Crippen LogP contribution is -2.51. The first-order valence-electron chi connectivity index (χ1n) is 4.66. The van der Waals surface area contributed by atoms with Crippen LogP contribution in [0, 0.1) is 11.3 Å². The molecule has 0 aliphatic carbocycles. The zero-order chi connectivity index (χ0) is 11.5. The highest BCUT2D eigenvalue weighted by atomic mass is 32.2. The number of rotatable bonds is 3. The Balaban J connectivity index is 2.69. The normalized spacial score (nSPS) is 24.0. The summed E-state index contributed by atoms with van der Waals surface area (Å²) in [5.41, 5.74) is 0. The lowest BCUT2D eigenvalue weighted by atomic mass is 10.1. The molecule has 1 heterocycles. The number of nitriles is 1. The quantitative estimate of drug-likeness (QED) is 0.657. The molecule has 6 nitrogen and oxygen atoms in total. The van der Waals surface area contributed by atoms with Crippen LogP contribution in [-0.4, -0.2) is 32.2 Å². The molecule has 0 aromatic heterocycles. The van der Waals surface area contributed by atoms with E-state index in [2.05, 4.69) is 10.0 Å². The predicted molar refractivity (Wildman–Crippen MR) is 53.2 cm³/mol. The molecular formula is C8H13N3O3S. The van der Waals surface area contributed by atoms with Crippen molar-refractivity contribution in [1.82, 2.24) is 10.0 Å². The molecule has 0 spiro atoms. The lowest BCUT2D eigenvalue weighted by Gasteiger charge is -2.23. The monoisotopic (exact) mass is 231 g/mol. The maximum atomic E-state index is 11.5. The molecule has 0 saturated carbocycles. The van der Waals surface area contributed by atoms with Crippen molar-refractivity contribution in [2.24, 2.45) is 0 Å². The predicted octanol–water partition coefficient (Wildman–Crippen LogP) is -0.904. The summed E-state index contributed by atoms with van der Waals surface area (Å²) in [5, 5.41) is 9.91. The van der Waals surface area contributed by atoms with Crippen LogP contribution in [0.5, 0.6) is 0 Å². The maximum absolute atomic E-state index is 11.5. The van der Waals surface area contributed by atoms with Crippen molar-refractivity contribution in [2.75, 3.05) is 6.54 Å². The van der Waals surface area contributed by atoms with Crippen LogP contribution in [0.1, 0.15) is 19.8 Å². The number of nitrogens with one attached hydrogen (secondary N) is 2. The number of nitrogens with zero attached hydrogens (tertiary/aromatic N) is 1. The fourth-order valence-electron chi connectivity index (χ4n) is 1.25. The Labute approximate surface area is 88.7 Å². The van der Waals surface area contributed by atoms with E-state index in [4.69, 9.17) is 5.26 Å². The molecule has 1 amide bonds. The fourth-order valence-corrected chi connectivity index (χ4v) is 2.22. The highest BCUT2D eigenvalue weighted by molar-refractivity contribution is 7.90. The highest BCUT2D eigenvalue weighted by Gasteiger charge is 2.29. The largest absolute Gasteiger partial charge is 0.355 e. The number of carbonyl (C=O) groups is 1. The van der Waals surface area contributed by atoms with E-state index in [1.165, 1.54) is 6.92 Å². The lowest BCUT2D eigenvalue weighted by molar-refractivity contribution is -0.124. The molecule has 1 rings (SSSR count). The number of hydrogen-bond donors (Lipinski definition) is 2. The number of hydrogen-bond acceptors (Lipinski definition) is 4. The van der Waals surface area contributed by atoms with Gasteiger partial charge in [-0.2, -0.15) is 5.26 Å². The van der Waals surface area contributed by atoms with Gasteiger partial charge in [0.2, 0.25) is 15.9 Å². The van der Waals surface area contributed by atoms with Crippen LogP contribution < -0.4 is 10.0 Å². The van der Waals surface area contributed by atoms with Gasteiger partial charge in [0, 0.05) is 6.54 Å². The zero-order valence-corrected chi connectivity index (χ0v) is 9.17. The Morgan fingerprint density at radius 2 is 2.33 bits per heavy atom. The van der Waals surface area contributed by atoms with E-state index in [0.717, 1.165) is 6.42 Å². The summed E-state index contributed by atoms with van der Waals surface area (Å²) in [6.07, 6.45) is 1.21. The summed E-state index contributed by atoms with van der Waals surface area (Å²) < 4.78 is 25.2. The molecule has 84 valence electrons. The van der Waals surface area contributed by atoms with Crippen LogP contribution in [0.15, 0.2) is 0 Å². The second kappa shape index (κ2) is 4.59. The Morgan fingerprint density at radius 1 is 1.67 bits per heavy atom. The maximum Gasteiger partial charge on any atom is 0.238 e. The van der Waals surface area contributed by atoms with E-state index in [1.807, 2.05) is 0 Å². The average Bonchev–Trinajstić information content (AvgIpc) is 2.20. The molecule has 2 unspecified atom stereocenters. The van der Waals surface area contributed by atoms with Crippen molar-refractivity contribution in [1.29, 1.82) is 5.26 Å². The van der Waals surface area contributed by atoms with E-state index in [1.54, 1.807) is 6.07 Å². The topological polar surface area (TPSA) is 99.1 Å². The molecule has 15 heavy (non-hydrogen) atoms. The van der Waals surface area contributed by atoms with Crippen LogP contribution in [0.2, 0.25) is 0 Å². The molecule has 1 fully saturated rings. The number of amides is 1. The summed E-state index contributed by atoms with van der Waals surface area (Å²) in [5.74, 6) is -0.324. The summed E-state index contributed by atoms with van der Waals surface area (Å²) in [4.78, 5) is 11.3. The van der Waals surface area contributed by atoms with E-state index in [9.17, 15) is 13.2 Å². The third-order valence-electron chi connectivity index (χ3n) is 2.24. The van der Waals surface area contributed by atoms with Crippen molar-refractivity contribution >= 4 is 15.9 Å². The third-order valence-corrected chi connectivity index (χ3v) is 3.89. The van der Waals surface area contributed by atoms with Crippen LogP contribution >= 0.6 is 0 Å². The number of piperidine rings is 1. The summed E-state index contributed by atoms with van der Waals surface area (Å²) in [6, 6.07) is 0.891. The second-order valence-electron chi connectivity index (χ2n) is 3.42. The number of sulfonamides is 1. The van der Waals surface area contributed by atoms with Crippen molar-refractivity contribution in [3.63, 3.8) is 0 Å². The van der Waals surface area contributed by atoms with E-state index >= 15 is 0 Å². The fraction of sp³-hybridized carbons (Fsp3) is 0.750. The van der Waals surface area contributed by atoms with E-state index in [0.29, 0.717) is 13.0 Å². The van der Waals surface area contributed by atoms with Crippen molar-refractivity contribution < 1.29 is 13.2 Å². The molecular weight excluding hydrogens is 218 g/mol. The first kappa shape index (κ1) is 11.9. The molecule has 2 atom stereocenters. The zero-order valence-electron chi connectivity index (χ0n) is 8.36. The van der Waals surface area contributed by atoms with Crippen molar-refractivity contribution in [3.8, 4) is 6.07 Å². The molecule has 0 radical (unpaired) electrons. The number of carbonyl (C=O) groups excluding carboxylic acids is 1. The Morgan fingerprint density at radius 3 is 2.87 bits per heavy atom. The smallest absolute Gasteiger partial charge is 0.238 e. The Kier molecular flexibility index (Phi) is 3.66. The first-order valence-corrected chi connectivity index (χ1v) is 6.20. The van der Waals surface area contributed by atoms with E-state index in [-0.39, 0.29) is 5.91 Å². The van der Waals surface area contributed by atoms with Gasteiger partial charge < -0.3 is 5.32 Å². The van der Waals surface area contributed by atoms with Gasteiger partial charge in [0.1, 0.15) is 6.04 Å². The Hall–Kier alpha value is -1.13. The minimum absolute atomic E-state index is 0.324. The third kappa shape index (κ3) is 2.91. The molecule has 1 saturated heterocycles. The minimum Gasteiger partial charge on any atom is -0.355 e. The molecule has 0 bridgehead atoms. The van der Waals surface area contributed by atoms with Crippen LogP contribution in [0.25, 0.3) is 0 Å². The summed E-state index contributed by atoms with van der Waals surface area (Å²) >= 11 is 0. The van der Waals surface area contributed by atoms with Gasteiger partial charge in [-0.1, -0.05) is 0 Å². The summed E-state index contributed by atoms with van der Waals surface area (Å²) in [7, 11) is -3.71. The van der Waals surface area contributed by atoms with Gasteiger partial charge in [-0.25, -0.2) is 13.1 Å². The molecule has 2 N–H and O–H groups in total. The SMILES string of the molecule is CC(C#N)S(=O)(=O)NC1CCCNC1=O. The van der Waals surface area contributed by atoms with Gasteiger partial charge in [-0.3, -0.25) is 4.79 Å². The first-order chi connectivity index (χ1) is 6.97. The standard InChI is InChI=1S/C8H13N3O3S/c1-6(5-9)15(13,14)11-7-3-2-4-10-8(7)12/h6-7,11H,2-4H2,1H3,(H,10,12). The molecule has 0 aromatic rings. The van der Waals surface area contributed by atoms with Gasteiger partial charge in [-0.05, 0) is 19.8 Å². The second-order valence-corrected chi connectivity index (χ2v) is 5.45. The van der Waals surface area contributed by atoms with Gasteiger partial charge in [0.25, 0.3) is 0 Å². The molecule has 1 aliphatic rings. The van der Waals surface area contributed by atoms with Crippen LogP contribution in [-0.2, 0) is 14.8 Å². The van der Waals surface area contributed by atoms with Gasteiger partial charge >= 0.3 is 0 Å². The van der Waals surface area contributed by atoms with Crippen molar-refractivity contribution in [2.45, 2.75) is 31.1 Å². The average molecular weight is 231 g/mol. The highest BCUT2D eigenvalue weighted by Crippen LogP contribution is 2.06. The van der Waals surface area contributed by atoms with Crippen LogP contribution in [0.4, 0.5) is 0 Å². The van der Waals surface area contributed by atoms with Gasteiger partial charge in [0.05, 0.1) is 6.07 Å². The van der Waals surface area contributed by atoms with Gasteiger partial charge in [-0.15, -0.1) is 0 Å². The van der Waals surface area contributed by atoms with Gasteiger partial charge in [0.15, 0.2) is 5.25 Å². The Bertz CT molecular complexity index is 384.